The fourth-order valence-corrected chi connectivity index (χ4v) is 3.48. The summed E-state index contributed by atoms with van der Waals surface area (Å²) < 4.78 is 28.0. The second-order valence-electron chi connectivity index (χ2n) is 6.16. The molecule has 0 spiro atoms. The summed E-state index contributed by atoms with van der Waals surface area (Å²) in [5.41, 5.74) is 1.42. The Hall–Kier alpha value is -1.93. The molecular weight excluding hydrogens is 344 g/mol. The zero-order chi connectivity index (χ0) is 18.4. The van der Waals surface area contributed by atoms with Crippen LogP contribution in [0.4, 0.5) is 0 Å². The molecule has 0 radical (unpaired) electrons. The van der Waals surface area contributed by atoms with Gasteiger partial charge in [-0.1, -0.05) is 18.2 Å². The maximum Gasteiger partial charge on any atom is 0.255 e. The minimum Gasteiger partial charge on any atom is -0.385 e. The van der Waals surface area contributed by atoms with E-state index < -0.39 is 15.9 Å². The number of rotatable bonds is 9. The van der Waals surface area contributed by atoms with E-state index in [9.17, 15) is 18.0 Å². The van der Waals surface area contributed by atoms with Gasteiger partial charge in [0.2, 0.25) is 5.91 Å². The molecule has 1 atom stereocenters. The predicted molar refractivity (Wildman–Crippen MR) is 93.9 cm³/mol. The van der Waals surface area contributed by atoms with E-state index in [4.69, 9.17) is 4.74 Å². The van der Waals surface area contributed by atoms with Gasteiger partial charge in [0.15, 0.2) is 0 Å². The van der Waals surface area contributed by atoms with Crippen molar-refractivity contribution >= 4 is 21.7 Å². The summed E-state index contributed by atoms with van der Waals surface area (Å²) >= 11 is 0. The third-order valence-corrected chi connectivity index (χ3v) is 5.09. The summed E-state index contributed by atoms with van der Waals surface area (Å²) in [6, 6.07) is 6.37. The SMILES string of the molecule is COCCCNC(=O)[C@@H](CCS(C)(=O)=O)N1Cc2ccccc2C1=O. The number of carbonyl (C=O) groups excluding carboxylic acids is 2. The van der Waals surface area contributed by atoms with Crippen LogP contribution in [-0.2, 0) is 25.9 Å². The first-order chi connectivity index (χ1) is 11.8. The Morgan fingerprint density at radius 3 is 2.72 bits per heavy atom. The number of methoxy groups -OCH3 is 1. The minimum atomic E-state index is -3.23. The van der Waals surface area contributed by atoms with Crippen molar-refractivity contribution in [1.82, 2.24) is 10.2 Å². The van der Waals surface area contributed by atoms with Crippen LogP contribution in [0.25, 0.3) is 0 Å². The standard InChI is InChI=1S/C17H24N2O5S/c1-24-10-5-9-18-16(20)15(8-11-25(2,22)23)19-12-13-6-3-4-7-14(13)17(19)21/h3-4,6-7,15H,5,8-12H2,1-2H3,(H,18,20)/t15-/m1/s1. The lowest BCUT2D eigenvalue weighted by molar-refractivity contribution is -0.125. The number of fused-ring (bicyclic) bond motifs is 1. The lowest BCUT2D eigenvalue weighted by Crippen LogP contribution is -2.48. The fraction of sp³-hybridized carbons (Fsp3) is 0.529. The van der Waals surface area contributed by atoms with Crippen LogP contribution in [0.1, 0.15) is 28.8 Å². The lowest BCUT2D eigenvalue weighted by atomic mass is 10.1. The highest BCUT2D eigenvalue weighted by Crippen LogP contribution is 2.25. The van der Waals surface area contributed by atoms with Gasteiger partial charge >= 0.3 is 0 Å². The maximum absolute atomic E-state index is 12.6. The van der Waals surface area contributed by atoms with Crippen molar-refractivity contribution in [2.75, 3.05) is 32.3 Å². The van der Waals surface area contributed by atoms with Gasteiger partial charge in [0, 0.05) is 38.6 Å². The van der Waals surface area contributed by atoms with Gasteiger partial charge in [0.1, 0.15) is 15.9 Å². The number of hydrogen-bond donors (Lipinski definition) is 1. The molecule has 1 aromatic carbocycles. The second-order valence-corrected chi connectivity index (χ2v) is 8.42. The highest BCUT2D eigenvalue weighted by Gasteiger charge is 2.36. The molecule has 0 unspecified atom stereocenters. The number of amides is 2. The normalized spacial score (nSPS) is 15.1. The predicted octanol–water partition coefficient (Wildman–Crippen LogP) is 0.598. The number of nitrogens with zero attached hydrogens (tertiary/aromatic N) is 1. The van der Waals surface area contributed by atoms with Crippen LogP contribution in [0, 0.1) is 0 Å². The molecular formula is C17H24N2O5S. The highest BCUT2D eigenvalue weighted by atomic mass is 32.2. The van der Waals surface area contributed by atoms with Gasteiger partial charge in [-0.25, -0.2) is 8.42 Å². The van der Waals surface area contributed by atoms with Crippen LogP contribution < -0.4 is 5.32 Å². The van der Waals surface area contributed by atoms with Crippen molar-refractivity contribution < 1.29 is 22.7 Å². The van der Waals surface area contributed by atoms with Gasteiger partial charge in [0.25, 0.3) is 5.91 Å². The molecule has 0 saturated heterocycles. The van der Waals surface area contributed by atoms with Crippen molar-refractivity contribution in [3.05, 3.63) is 35.4 Å². The number of sulfone groups is 1. The minimum absolute atomic E-state index is 0.0780. The fourth-order valence-electron chi connectivity index (χ4n) is 2.83. The Kier molecular flexibility index (Phi) is 6.55. The molecule has 1 aliphatic rings. The molecule has 2 rings (SSSR count). The van der Waals surface area contributed by atoms with Crippen molar-refractivity contribution in [2.24, 2.45) is 0 Å². The first kappa shape index (κ1) is 19.4. The maximum atomic E-state index is 12.6. The van der Waals surface area contributed by atoms with Crippen molar-refractivity contribution in [2.45, 2.75) is 25.4 Å². The van der Waals surface area contributed by atoms with Gasteiger partial charge in [-0.2, -0.15) is 0 Å². The molecule has 0 aliphatic carbocycles. The Morgan fingerprint density at radius 1 is 1.36 bits per heavy atom. The molecule has 0 bridgehead atoms. The number of ether oxygens (including phenoxy) is 1. The van der Waals surface area contributed by atoms with Crippen LogP contribution in [0.3, 0.4) is 0 Å². The highest BCUT2D eigenvalue weighted by molar-refractivity contribution is 7.90. The third-order valence-electron chi connectivity index (χ3n) is 4.11. The Balaban J connectivity index is 2.12. The molecule has 1 heterocycles. The van der Waals surface area contributed by atoms with Gasteiger partial charge in [-0.05, 0) is 24.5 Å². The number of carbonyl (C=O) groups is 2. The number of benzene rings is 1. The molecule has 0 aromatic heterocycles. The van der Waals surface area contributed by atoms with E-state index in [0.717, 1.165) is 11.8 Å². The largest absolute Gasteiger partial charge is 0.385 e. The number of hydrogen-bond acceptors (Lipinski definition) is 5. The Bertz CT molecular complexity index is 732. The monoisotopic (exact) mass is 368 g/mol. The zero-order valence-electron chi connectivity index (χ0n) is 14.5. The first-order valence-corrected chi connectivity index (χ1v) is 10.2. The molecule has 0 fully saturated rings. The lowest BCUT2D eigenvalue weighted by Gasteiger charge is -2.26. The molecule has 7 nitrogen and oxygen atoms in total. The van der Waals surface area contributed by atoms with Gasteiger partial charge in [-0.3, -0.25) is 9.59 Å². The molecule has 25 heavy (non-hydrogen) atoms. The van der Waals surface area contributed by atoms with Gasteiger partial charge in [0.05, 0.1) is 5.75 Å². The van der Waals surface area contributed by atoms with Crippen LogP contribution in [0.5, 0.6) is 0 Å². The summed E-state index contributed by atoms with van der Waals surface area (Å²) in [6.45, 7) is 1.24. The summed E-state index contributed by atoms with van der Waals surface area (Å²) in [5.74, 6) is -0.717. The summed E-state index contributed by atoms with van der Waals surface area (Å²) in [5, 5.41) is 2.77. The van der Waals surface area contributed by atoms with E-state index in [1.54, 1.807) is 19.2 Å². The van der Waals surface area contributed by atoms with Gasteiger partial charge < -0.3 is 15.0 Å². The summed E-state index contributed by atoms with van der Waals surface area (Å²) in [6.07, 6.45) is 1.85. The molecule has 1 aliphatic heterocycles. The summed E-state index contributed by atoms with van der Waals surface area (Å²) in [4.78, 5) is 26.6. The van der Waals surface area contributed by atoms with E-state index in [1.807, 2.05) is 12.1 Å². The molecule has 138 valence electrons. The molecule has 1 N–H and O–H groups in total. The quantitative estimate of drug-likeness (QED) is 0.644. The first-order valence-electron chi connectivity index (χ1n) is 8.16. The van der Waals surface area contributed by atoms with Crippen LogP contribution in [0.15, 0.2) is 24.3 Å². The average molecular weight is 368 g/mol. The zero-order valence-corrected chi connectivity index (χ0v) is 15.3. The topological polar surface area (TPSA) is 92.8 Å². The summed E-state index contributed by atoms with van der Waals surface area (Å²) in [7, 11) is -1.65. The van der Waals surface area contributed by atoms with E-state index >= 15 is 0 Å². The van der Waals surface area contributed by atoms with E-state index in [2.05, 4.69) is 5.32 Å². The molecule has 1 aromatic rings. The van der Waals surface area contributed by atoms with Crippen LogP contribution >= 0.6 is 0 Å². The van der Waals surface area contributed by atoms with Gasteiger partial charge in [-0.15, -0.1) is 0 Å². The Labute approximate surface area is 148 Å². The Morgan fingerprint density at radius 2 is 2.08 bits per heavy atom. The van der Waals surface area contributed by atoms with Crippen molar-refractivity contribution in [3.8, 4) is 0 Å². The third kappa shape index (κ3) is 5.27. The second kappa shape index (κ2) is 8.44. The molecule has 0 saturated carbocycles. The van der Waals surface area contributed by atoms with E-state index in [1.165, 1.54) is 4.90 Å². The van der Waals surface area contributed by atoms with Crippen LogP contribution in [0.2, 0.25) is 0 Å². The smallest absolute Gasteiger partial charge is 0.255 e. The molecule has 2 amide bonds. The average Bonchev–Trinajstić information content (AvgIpc) is 2.88. The van der Waals surface area contributed by atoms with Crippen LogP contribution in [-0.4, -0.2) is 63.4 Å². The van der Waals surface area contributed by atoms with E-state index in [-0.39, 0.29) is 24.0 Å². The van der Waals surface area contributed by atoms with E-state index in [0.29, 0.717) is 31.7 Å². The molecule has 8 heteroatoms. The van der Waals surface area contributed by atoms with Crippen molar-refractivity contribution in [3.63, 3.8) is 0 Å². The number of nitrogens with one attached hydrogen (secondary N) is 1. The van der Waals surface area contributed by atoms with Crippen molar-refractivity contribution in [1.29, 1.82) is 0 Å².